The fourth-order valence-corrected chi connectivity index (χ4v) is 4.17. The molecule has 1 aromatic carbocycles. The standard InChI is InChI=1S/C19H26N4O2.2ClH/c1-13-3-4-15-16(9-13)22-17(21-15)12-23(2)11-14-10-19(18(24)25-14)5-7-20-8-6-19;;/h3-4,9,14,20H,5-8,10-12H2,1-2H3,(H,21,22);2*1H. The number of benzene rings is 1. The number of fused-ring (bicyclic) bond motifs is 1. The zero-order valence-corrected chi connectivity index (χ0v) is 17.4. The van der Waals surface area contributed by atoms with Crippen molar-refractivity contribution in [3.8, 4) is 0 Å². The van der Waals surface area contributed by atoms with E-state index < -0.39 is 0 Å². The Kier molecular flexibility index (Phi) is 7.14. The third-order valence-electron chi connectivity index (χ3n) is 5.51. The van der Waals surface area contributed by atoms with E-state index in [4.69, 9.17) is 4.74 Å². The number of esters is 1. The highest BCUT2D eigenvalue weighted by atomic mass is 35.5. The number of likely N-dealkylation sites (N-methyl/N-ethyl adjacent to an activating group) is 1. The van der Waals surface area contributed by atoms with E-state index in [0.717, 1.165) is 62.3 Å². The summed E-state index contributed by atoms with van der Waals surface area (Å²) >= 11 is 0. The number of aryl methyl sites for hydroxylation is 1. The number of cyclic esters (lactones) is 1. The van der Waals surface area contributed by atoms with Gasteiger partial charge in [0.05, 0.1) is 23.0 Å². The van der Waals surface area contributed by atoms with Crippen LogP contribution in [0.2, 0.25) is 0 Å². The number of hydrogen-bond donors (Lipinski definition) is 2. The predicted molar refractivity (Wildman–Crippen MR) is 111 cm³/mol. The molecule has 6 nitrogen and oxygen atoms in total. The fourth-order valence-electron chi connectivity index (χ4n) is 4.17. The van der Waals surface area contributed by atoms with Crippen molar-refractivity contribution >= 4 is 41.8 Å². The third kappa shape index (κ3) is 4.57. The minimum atomic E-state index is -0.242. The highest BCUT2D eigenvalue weighted by Crippen LogP contribution is 2.41. The monoisotopic (exact) mass is 414 g/mol. The van der Waals surface area contributed by atoms with E-state index in [1.807, 2.05) is 6.07 Å². The maximum absolute atomic E-state index is 12.4. The Bertz CT molecular complexity index is 789. The number of H-pyrrole nitrogens is 1. The molecule has 4 rings (SSSR count). The van der Waals surface area contributed by atoms with Crippen molar-refractivity contribution in [3.05, 3.63) is 29.6 Å². The minimum Gasteiger partial charge on any atom is -0.461 e. The van der Waals surface area contributed by atoms with E-state index in [-0.39, 0.29) is 42.3 Å². The first-order valence-corrected chi connectivity index (χ1v) is 9.10. The van der Waals surface area contributed by atoms with Gasteiger partial charge < -0.3 is 15.0 Å². The Labute approximate surface area is 172 Å². The number of nitrogens with zero attached hydrogens (tertiary/aromatic N) is 2. The second-order valence-corrected chi connectivity index (χ2v) is 7.66. The molecule has 3 heterocycles. The van der Waals surface area contributed by atoms with E-state index in [0.29, 0.717) is 0 Å². The van der Waals surface area contributed by atoms with Crippen molar-refractivity contribution < 1.29 is 9.53 Å². The average Bonchev–Trinajstić information content (AvgIpc) is 3.08. The van der Waals surface area contributed by atoms with Crippen LogP contribution in [-0.2, 0) is 16.1 Å². The molecule has 27 heavy (non-hydrogen) atoms. The zero-order valence-electron chi connectivity index (χ0n) is 15.8. The normalized spacial score (nSPS) is 21.1. The molecule has 1 atom stereocenters. The summed E-state index contributed by atoms with van der Waals surface area (Å²) in [5, 5.41) is 3.33. The van der Waals surface area contributed by atoms with Gasteiger partial charge in [0.1, 0.15) is 11.9 Å². The lowest BCUT2D eigenvalue weighted by atomic mass is 9.76. The first-order valence-electron chi connectivity index (χ1n) is 9.10. The van der Waals surface area contributed by atoms with Gasteiger partial charge in [-0.2, -0.15) is 0 Å². The Morgan fingerprint density at radius 1 is 1.30 bits per heavy atom. The van der Waals surface area contributed by atoms with Crippen molar-refractivity contribution in [1.29, 1.82) is 0 Å². The summed E-state index contributed by atoms with van der Waals surface area (Å²) in [4.78, 5) is 22.6. The molecular weight excluding hydrogens is 387 g/mol. The SMILES string of the molecule is Cc1ccc2nc(CN(C)CC3CC4(CCNCC4)C(=O)O3)[nH]c2c1.Cl.Cl. The molecule has 8 heteroatoms. The topological polar surface area (TPSA) is 70.2 Å². The largest absolute Gasteiger partial charge is 0.461 e. The molecule has 1 aromatic heterocycles. The molecule has 2 N–H and O–H groups in total. The lowest BCUT2D eigenvalue weighted by molar-refractivity contribution is -0.150. The van der Waals surface area contributed by atoms with Crippen LogP contribution in [0.1, 0.15) is 30.7 Å². The Morgan fingerprint density at radius 2 is 2.04 bits per heavy atom. The summed E-state index contributed by atoms with van der Waals surface area (Å²) in [5.74, 6) is 0.954. The number of imidazole rings is 1. The highest BCUT2D eigenvalue weighted by molar-refractivity contribution is 5.85. The quantitative estimate of drug-likeness (QED) is 0.752. The lowest BCUT2D eigenvalue weighted by Gasteiger charge is -2.29. The van der Waals surface area contributed by atoms with Crippen LogP contribution in [0.5, 0.6) is 0 Å². The molecule has 2 saturated heterocycles. The number of carbonyl (C=O) groups excluding carboxylic acids is 1. The first-order chi connectivity index (χ1) is 12.0. The number of carbonyl (C=O) groups is 1. The molecule has 0 aliphatic carbocycles. The number of aromatic nitrogens is 2. The van der Waals surface area contributed by atoms with Crippen molar-refractivity contribution in [2.75, 3.05) is 26.7 Å². The van der Waals surface area contributed by atoms with Gasteiger partial charge in [-0.25, -0.2) is 4.98 Å². The van der Waals surface area contributed by atoms with Gasteiger partial charge in [0.2, 0.25) is 0 Å². The van der Waals surface area contributed by atoms with Crippen molar-refractivity contribution in [2.24, 2.45) is 5.41 Å². The van der Waals surface area contributed by atoms with E-state index in [1.165, 1.54) is 5.56 Å². The van der Waals surface area contributed by atoms with Crippen LogP contribution < -0.4 is 5.32 Å². The molecule has 2 fully saturated rings. The molecule has 150 valence electrons. The number of piperidine rings is 1. The van der Waals surface area contributed by atoms with Gasteiger partial charge in [0.15, 0.2) is 0 Å². The van der Waals surface area contributed by atoms with E-state index in [1.54, 1.807) is 0 Å². The first kappa shape index (κ1) is 22.0. The predicted octanol–water partition coefficient (Wildman–Crippen LogP) is 2.83. The molecule has 1 unspecified atom stereocenters. The van der Waals surface area contributed by atoms with Crippen molar-refractivity contribution in [1.82, 2.24) is 20.2 Å². The molecule has 0 radical (unpaired) electrons. The molecule has 2 aliphatic rings. The fraction of sp³-hybridized carbons (Fsp3) is 0.579. The molecule has 0 bridgehead atoms. The Morgan fingerprint density at radius 3 is 2.78 bits per heavy atom. The summed E-state index contributed by atoms with van der Waals surface area (Å²) in [6.45, 7) is 5.37. The molecule has 1 spiro atoms. The van der Waals surface area contributed by atoms with Gasteiger partial charge in [-0.05, 0) is 57.6 Å². The van der Waals surface area contributed by atoms with Crippen LogP contribution in [0, 0.1) is 12.3 Å². The minimum absolute atomic E-state index is 0. The number of halogens is 2. The number of nitrogens with one attached hydrogen (secondary N) is 2. The summed E-state index contributed by atoms with van der Waals surface area (Å²) in [7, 11) is 2.06. The summed E-state index contributed by atoms with van der Waals surface area (Å²) in [6.07, 6.45) is 2.63. The molecular formula is C19H28Cl2N4O2. The van der Waals surface area contributed by atoms with Crippen LogP contribution in [0.15, 0.2) is 18.2 Å². The Balaban J connectivity index is 0.00000131. The summed E-state index contributed by atoms with van der Waals surface area (Å²) < 4.78 is 5.70. The molecule has 0 amide bonds. The van der Waals surface area contributed by atoms with Crippen LogP contribution in [-0.4, -0.2) is 53.6 Å². The second kappa shape index (κ2) is 8.78. The van der Waals surface area contributed by atoms with Gasteiger partial charge in [-0.1, -0.05) is 6.07 Å². The highest BCUT2D eigenvalue weighted by Gasteiger charge is 2.49. The maximum atomic E-state index is 12.4. The van der Waals surface area contributed by atoms with Crippen LogP contribution in [0.3, 0.4) is 0 Å². The van der Waals surface area contributed by atoms with Crippen molar-refractivity contribution in [2.45, 2.75) is 38.8 Å². The average molecular weight is 415 g/mol. The summed E-state index contributed by atoms with van der Waals surface area (Å²) in [6, 6.07) is 6.24. The smallest absolute Gasteiger partial charge is 0.312 e. The number of ether oxygens (including phenoxy) is 1. The van der Waals surface area contributed by atoms with Gasteiger partial charge in [0.25, 0.3) is 0 Å². The van der Waals surface area contributed by atoms with Gasteiger partial charge >= 0.3 is 5.97 Å². The number of rotatable bonds is 4. The van der Waals surface area contributed by atoms with Crippen molar-refractivity contribution in [3.63, 3.8) is 0 Å². The molecule has 0 saturated carbocycles. The summed E-state index contributed by atoms with van der Waals surface area (Å²) in [5.41, 5.74) is 3.05. The molecule has 2 aromatic rings. The molecule has 2 aliphatic heterocycles. The third-order valence-corrected chi connectivity index (χ3v) is 5.51. The van der Waals surface area contributed by atoms with E-state index in [2.05, 4.69) is 46.3 Å². The second-order valence-electron chi connectivity index (χ2n) is 7.66. The Hall–Kier alpha value is -1.34. The number of aromatic amines is 1. The van der Waals surface area contributed by atoms with Crippen LogP contribution in [0.4, 0.5) is 0 Å². The van der Waals surface area contributed by atoms with Gasteiger partial charge in [0, 0.05) is 13.0 Å². The number of hydrogen-bond acceptors (Lipinski definition) is 5. The maximum Gasteiger partial charge on any atom is 0.312 e. The van der Waals surface area contributed by atoms with Crippen LogP contribution in [0.25, 0.3) is 11.0 Å². The van der Waals surface area contributed by atoms with E-state index >= 15 is 0 Å². The zero-order chi connectivity index (χ0) is 17.4. The lowest BCUT2D eigenvalue weighted by Crippen LogP contribution is -2.39. The van der Waals surface area contributed by atoms with Crippen LogP contribution >= 0.6 is 24.8 Å². The van der Waals surface area contributed by atoms with Gasteiger partial charge in [-0.15, -0.1) is 24.8 Å². The van der Waals surface area contributed by atoms with E-state index in [9.17, 15) is 4.79 Å². The van der Waals surface area contributed by atoms with Gasteiger partial charge in [-0.3, -0.25) is 9.69 Å².